The molecule has 1 aromatic heterocycles. The van der Waals surface area contributed by atoms with Gasteiger partial charge in [0.25, 0.3) is 5.91 Å². The van der Waals surface area contributed by atoms with Crippen molar-refractivity contribution in [2.75, 3.05) is 0 Å². The van der Waals surface area contributed by atoms with Crippen LogP contribution < -0.4 is 10.1 Å². The first-order chi connectivity index (χ1) is 12.1. The van der Waals surface area contributed by atoms with Gasteiger partial charge in [0.15, 0.2) is 0 Å². The minimum absolute atomic E-state index is 0.111. The first-order valence-electron chi connectivity index (χ1n) is 8.24. The second-order valence-corrected chi connectivity index (χ2v) is 5.97. The Morgan fingerprint density at radius 1 is 1.16 bits per heavy atom. The van der Waals surface area contributed by atoms with E-state index in [2.05, 4.69) is 10.3 Å². The zero-order valence-corrected chi connectivity index (χ0v) is 14.3. The topological polar surface area (TPSA) is 56.1 Å². The van der Waals surface area contributed by atoms with Crippen LogP contribution in [-0.2, 0) is 6.54 Å². The van der Waals surface area contributed by atoms with Crippen LogP contribution in [0.2, 0.25) is 0 Å². The molecule has 5 nitrogen and oxygen atoms in total. The molecule has 0 aliphatic rings. The van der Waals surface area contributed by atoms with E-state index < -0.39 is 0 Å². The number of nitrogens with one attached hydrogen (secondary N) is 1. The smallest absolute Gasteiger partial charge is 0.251 e. The molecule has 0 aliphatic heterocycles. The molecule has 0 atom stereocenters. The lowest BCUT2D eigenvalue weighted by atomic mass is 10.1. The molecule has 1 amide bonds. The molecular weight excluding hydrogens is 314 g/mol. The third kappa shape index (κ3) is 4.26. The number of rotatable bonds is 6. The van der Waals surface area contributed by atoms with Crippen molar-refractivity contribution in [3.05, 3.63) is 78.4 Å². The molecule has 3 aromatic rings. The van der Waals surface area contributed by atoms with Gasteiger partial charge in [-0.2, -0.15) is 0 Å². The monoisotopic (exact) mass is 335 g/mol. The van der Waals surface area contributed by atoms with E-state index in [0.717, 1.165) is 17.0 Å². The Kier molecular flexibility index (Phi) is 5.14. The number of ether oxygens (including phenoxy) is 1. The average Bonchev–Trinajstić information content (AvgIpc) is 3.14. The molecule has 128 valence electrons. The van der Waals surface area contributed by atoms with E-state index in [-0.39, 0.29) is 12.0 Å². The Hall–Kier alpha value is -3.08. The minimum atomic E-state index is -0.114. The molecule has 2 aromatic carbocycles. The average molecular weight is 335 g/mol. The van der Waals surface area contributed by atoms with Crippen LogP contribution in [0.1, 0.15) is 29.8 Å². The number of para-hydroxylation sites is 1. The van der Waals surface area contributed by atoms with Gasteiger partial charge in [-0.05, 0) is 49.7 Å². The molecule has 25 heavy (non-hydrogen) atoms. The van der Waals surface area contributed by atoms with Gasteiger partial charge in [-0.3, -0.25) is 4.79 Å². The molecule has 0 bridgehead atoms. The lowest BCUT2D eigenvalue weighted by Gasteiger charge is -2.12. The first-order valence-corrected chi connectivity index (χ1v) is 8.24. The highest BCUT2D eigenvalue weighted by atomic mass is 16.5. The van der Waals surface area contributed by atoms with Gasteiger partial charge in [0.1, 0.15) is 5.75 Å². The summed E-state index contributed by atoms with van der Waals surface area (Å²) in [7, 11) is 0. The Bertz CT molecular complexity index is 824. The second kappa shape index (κ2) is 7.66. The highest BCUT2D eigenvalue weighted by Gasteiger charge is 2.08. The maximum atomic E-state index is 12.4. The number of benzene rings is 2. The van der Waals surface area contributed by atoms with E-state index in [0.29, 0.717) is 12.1 Å². The summed E-state index contributed by atoms with van der Waals surface area (Å²) in [5.41, 5.74) is 2.63. The highest BCUT2D eigenvalue weighted by Crippen LogP contribution is 2.16. The predicted molar refractivity (Wildman–Crippen MR) is 96.9 cm³/mol. The van der Waals surface area contributed by atoms with Crippen LogP contribution in [0, 0.1) is 0 Å². The highest BCUT2D eigenvalue weighted by molar-refractivity contribution is 5.94. The van der Waals surface area contributed by atoms with Crippen molar-refractivity contribution in [2.24, 2.45) is 0 Å². The molecule has 0 radical (unpaired) electrons. The number of carbonyl (C=O) groups excluding carboxylic acids is 1. The SMILES string of the molecule is CC(C)Oc1ccc(C(=O)NCc2ccccc2-n2ccnc2)cc1. The fourth-order valence-electron chi connectivity index (χ4n) is 2.55. The Balaban J connectivity index is 1.67. The summed E-state index contributed by atoms with van der Waals surface area (Å²) in [6, 6.07) is 15.1. The lowest BCUT2D eigenvalue weighted by Crippen LogP contribution is -2.23. The molecular formula is C20H21N3O2. The summed E-state index contributed by atoms with van der Waals surface area (Å²) < 4.78 is 7.52. The fraction of sp³-hybridized carbons (Fsp3) is 0.200. The number of nitrogens with zero attached hydrogens (tertiary/aromatic N) is 2. The zero-order valence-electron chi connectivity index (χ0n) is 14.3. The summed E-state index contributed by atoms with van der Waals surface area (Å²) >= 11 is 0. The molecule has 0 aliphatic carbocycles. The van der Waals surface area contributed by atoms with E-state index in [4.69, 9.17) is 4.74 Å². The zero-order chi connectivity index (χ0) is 17.6. The first kappa shape index (κ1) is 16.8. The van der Waals surface area contributed by atoms with Crippen LogP contribution in [0.15, 0.2) is 67.3 Å². The standard InChI is InChI=1S/C20H21N3O2/c1-15(2)25-18-9-7-16(8-10-18)20(24)22-13-17-5-3-4-6-19(17)23-12-11-21-14-23/h3-12,14-15H,13H2,1-2H3,(H,22,24). The number of hydrogen-bond acceptors (Lipinski definition) is 3. The molecule has 1 heterocycles. The Labute approximate surface area is 147 Å². The van der Waals surface area contributed by atoms with Gasteiger partial charge in [0.05, 0.1) is 18.1 Å². The quantitative estimate of drug-likeness (QED) is 0.749. The predicted octanol–water partition coefficient (Wildman–Crippen LogP) is 3.59. The van der Waals surface area contributed by atoms with Gasteiger partial charge >= 0.3 is 0 Å². The summed E-state index contributed by atoms with van der Waals surface area (Å²) in [5.74, 6) is 0.647. The maximum Gasteiger partial charge on any atom is 0.251 e. The Morgan fingerprint density at radius 2 is 1.92 bits per heavy atom. The third-order valence-electron chi connectivity index (χ3n) is 3.70. The number of imidazole rings is 1. The van der Waals surface area contributed by atoms with Crippen LogP contribution in [-0.4, -0.2) is 21.6 Å². The van der Waals surface area contributed by atoms with E-state index in [1.165, 1.54) is 0 Å². The lowest BCUT2D eigenvalue weighted by molar-refractivity contribution is 0.0951. The van der Waals surface area contributed by atoms with Crippen LogP contribution in [0.25, 0.3) is 5.69 Å². The number of hydrogen-bond donors (Lipinski definition) is 1. The molecule has 0 fully saturated rings. The van der Waals surface area contributed by atoms with Crippen molar-refractivity contribution in [3.63, 3.8) is 0 Å². The number of amides is 1. The van der Waals surface area contributed by atoms with Crippen LogP contribution in [0.3, 0.4) is 0 Å². The van der Waals surface area contributed by atoms with E-state index in [9.17, 15) is 4.79 Å². The van der Waals surface area contributed by atoms with Gasteiger partial charge in [-0.25, -0.2) is 4.98 Å². The fourth-order valence-corrected chi connectivity index (χ4v) is 2.55. The molecule has 0 unspecified atom stereocenters. The van der Waals surface area contributed by atoms with E-state index >= 15 is 0 Å². The van der Waals surface area contributed by atoms with Crippen molar-refractivity contribution in [1.29, 1.82) is 0 Å². The van der Waals surface area contributed by atoms with Gasteiger partial charge in [-0.15, -0.1) is 0 Å². The van der Waals surface area contributed by atoms with E-state index in [1.807, 2.05) is 61.0 Å². The van der Waals surface area contributed by atoms with Crippen molar-refractivity contribution >= 4 is 5.91 Å². The third-order valence-corrected chi connectivity index (χ3v) is 3.70. The summed E-state index contributed by atoms with van der Waals surface area (Å²) in [5, 5.41) is 2.96. The number of aromatic nitrogens is 2. The van der Waals surface area contributed by atoms with Crippen LogP contribution >= 0.6 is 0 Å². The van der Waals surface area contributed by atoms with Crippen LogP contribution in [0.4, 0.5) is 0 Å². The summed E-state index contributed by atoms with van der Waals surface area (Å²) in [6.45, 7) is 4.38. The van der Waals surface area contributed by atoms with Crippen molar-refractivity contribution in [1.82, 2.24) is 14.9 Å². The summed E-state index contributed by atoms with van der Waals surface area (Å²) in [4.78, 5) is 16.5. The van der Waals surface area contributed by atoms with Gasteiger partial charge in [0.2, 0.25) is 0 Å². The molecule has 3 rings (SSSR count). The van der Waals surface area contributed by atoms with Gasteiger partial charge in [0, 0.05) is 24.5 Å². The second-order valence-electron chi connectivity index (χ2n) is 5.97. The largest absolute Gasteiger partial charge is 0.491 e. The maximum absolute atomic E-state index is 12.4. The molecule has 0 spiro atoms. The summed E-state index contributed by atoms with van der Waals surface area (Å²) in [6.07, 6.45) is 5.47. The Morgan fingerprint density at radius 3 is 2.60 bits per heavy atom. The van der Waals surface area contributed by atoms with Crippen molar-refractivity contribution in [3.8, 4) is 11.4 Å². The van der Waals surface area contributed by atoms with Gasteiger partial charge in [-0.1, -0.05) is 18.2 Å². The van der Waals surface area contributed by atoms with Gasteiger partial charge < -0.3 is 14.6 Å². The van der Waals surface area contributed by atoms with Crippen molar-refractivity contribution < 1.29 is 9.53 Å². The molecule has 0 saturated carbocycles. The normalized spacial score (nSPS) is 10.7. The minimum Gasteiger partial charge on any atom is -0.491 e. The van der Waals surface area contributed by atoms with Crippen molar-refractivity contribution in [2.45, 2.75) is 26.5 Å². The molecule has 0 saturated heterocycles. The van der Waals surface area contributed by atoms with E-state index in [1.54, 1.807) is 24.7 Å². The number of carbonyl (C=O) groups is 1. The van der Waals surface area contributed by atoms with Crippen LogP contribution in [0.5, 0.6) is 5.75 Å². The molecule has 5 heteroatoms. The molecule has 1 N–H and O–H groups in total.